The zero-order valence-corrected chi connectivity index (χ0v) is 44.2. The molecule has 1 saturated heterocycles. The van der Waals surface area contributed by atoms with Crippen LogP contribution in [0.4, 0.5) is 0 Å². The summed E-state index contributed by atoms with van der Waals surface area (Å²) in [4.78, 5) is 12.9. The molecule has 0 spiro atoms. The molecule has 1 aliphatic rings. The quantitative estimate of drug-likeness (QED) is 0.0197. The molecule has 1 heterocycles. The minimum Gasteiger partial charge on any atom is -0.457 e. The normalized spacial score (nSPS) is 19.7. The molecule has 0 amide bonds. The van der Waals surface area contributed by atoms with Gasteiger partial charge in [-0.1, -0.05) is 197 Å². The summed E-state index contributed by atoms with van der Waals surface area (Å²) in [7, 11) is -5.07. The second kappa shape index (κ2) is 46.8. The number of carbonyl (C=O) groups is 1. The number of esters is 1. The topological polar surface area (TPSA) is 178 Å². The van der Waals surface area contributed by atoms with Crippen LogP contribution in [0, 0.1) is 0 Å². The maximum absolute atomic E-state index is 12.9. The lowest BCUT2D eigenvalue weighted by molar-refractivity contribution is -0.301. The van der Waals surface area contributed by atoms with Crippen molar-refractivity contribution in [2.75, 3.05) is 26.4 Å². The highest BCUT2D eigenvalue weighted by molar-refractivity contribution is 7.80. The summed E-state index contributed by atoms with van der Waals surface area (Å²) in [6.07, 6.45) is 51.1. The monoisotopic (exact) mass is 997 g/mol. The molecule has 6 unspecified atom stereocenters. The lowest BCUT2D eigenvalue weighted by Crippen LogP contribution is -2.60. The molecule has 1 aliphatic heterocycles. The average Bonchev–Trinajstić information content (AvgIpc) is 3.32. The van der Waals surface area contributed by atoms with E-state index >= 15 is 0 Å². The molecular weight excluding hydrogens is 897 g/mol. The first kappa shape index (κ1) is 64.8. The van der Waals surface area contributed by atoms with Crippen molar-refractivity contribution in [1.82, 2.24) is 0 Å². The van der Waals surface area contributed by atoms with Crippen LogP contribution >= 0.6 is 0 Å². The number of aliphatic hydroxyl groups is 3. The van der Waals surface area contributed by atoms with Crippen molar-refractivity contribution in [3.63, 3.8) is 0 Å². The molecule has 1 fully saturated rings. The number of ether oxygens (including phenoxy) is 4. The lowest BCUT2D eigenvalue weighted by atomic mass is 9.99. The smallest absolute Gasteiger partial charge is 0.397 e. The highest BCUT2D eigenvalue weighted by atomic mass is 32.3. The molecular formula is C56H100O12S. The van der Waals surface area contributed by atoms with Gasteiger partial charge in [-0.2, -0.15) is 8.42 Å². The number of hydrogen-bond acceptors (Lipinski definition) is 11. The molecule has 0 radical (unpaired) electrons. The van der Waals surface area contributed by atoms with Crippen LogP contribution in [0.2, 0.25) is 0 Å². The fraction of sp³-hybridized carbons (Fsp3) is 0.804. The minimum atomic E-state index is -5.07. The van der Waals surface area contributed by atoms with Crippen LogP contribution in [0.1, 0.15) is 226 Å². The fourth-order valence-corrected chi connectivity index (χ4v) is 8.69. The van der Waals surface area contributed by atoms with E-state index in [1.54, 1.807) is 0 Å². The second-order valence-corrected chi connectivity index (χ2v) is 19.9. The number of carbonyl (C=O) groups excluding carboxylic acids is 1. The van der Waals surface area contributed by atoms with Crippen molar-refractivity contribution in [1.29, 1.82) is 0 Å². The molecule has 69 heavy (non-hydrogen) atoms. The number of allylic oxidation sites excluding steroid dienone is 10. The van der Waals surface area contributed by atoms with E-state index in [0.29, 0.717) is 13.0 Å². The van der Waals surface area contributed by atoms with Crippen molar-refractivity contribution in [2.45, 2.75) is 263 Å². The van der Waals surface area contributed by atoms with Gasteiger partial charge < -0.3 is 34.3 Å². The Hall–Kier alpha value is -2.20. The van der Waals surface area contributed by atoms with Crippen LogP contribution in [0.3, 0.4) is 0 Å². The van der Waals surface area contributed by atoms with E-state index in [2.05, 4.69) is 78.8 Å². The van der Waals surface area contributed by atoms with E-state index < -0.39 is 59.8 Å². The Kier molecular flexibility index (Phi) is 44.0. The summed E-state index contributed by atoms with van der Waals surface area (Å²) in [5, 5.41) is 30.8. The zero-order valence-electron chi connectivity index (χ0n) is 43.4. The Bertz CT molecular complexity index is 1430. The standard InChI is InChI=1S/C56H100O12S/c1-3-5-7-9-11-13-15-17-19-21-22-23-24-25-26-27-28-29-30-32-34-36-38-40-42-44-46-64-48-50(49-65-56-54(60)55(68-69(61,62)63)53(59)51(47-57)67-56)66-52(58)45-43-41-39-37-35-33-31-20-18-16-14-12-10-8-6-4-2/h14-17,20-22,24-25,31,50-51,53-57,59-60H,3-13,18-19,23,26-30,32-49H2,1-2H3,(H,61,62,63)/b16-14-,17-15-,22-21-,25-24-,31-20-. The van der Waals surface area contributed by atoms with Gasteiger partial charge in [0.15, 0.2) is 6.29 Å². The van der Waals surface area contributed by atoms with Crippen molar-refractivity contribution < 1.29 is 56.2 Å². The van der Waals surface area contributed by atoms with Gasteiger partial charge in [-0.25, -0.2) is 4.18 Å². The average molecular weight is 997 g/mol. The number of unbranched alkanes of at least 4 members (excludes halogenated alkanes) is 25. The van der Waals surface area contributed by atoms with Crippen molar-refractivity contribution in [3.05, 3.63) is 60.8 Å². The highest BCUT2D eigenvalue weighted by Gasteiger charge is 2.48. The Morgan fingerprint density at radius 2 is 0.957 bits per heavy atom. The first-order valence-corrected chi connectivity index (χ1v) is 28.9. The van der Waals surface area contributed by atoms with E-state index in [9.17, 15) is 33.1 Å². The molecule has 6 atom stereocenters. The Balaban J connectivity index is 2.31. The van der Waals surface area contributed by atoms with Gasteiger partial charge in [0.25, 0.3) is 0 Å². The maximum Gasteiger partial charge on any atom is 0.397 e. The first-order valence-electron chi connectivity index (χ1n) is 27.5. The van der Waals surface area contributed by atoms with Crippen LogP contribution in [-0.2, 0) is 38.3 Å². The lowest BCUT2D eigenvalue weighted by Gasteiger charge is -2.41. The summed E-state index contributed by atoms with van der Waals surface area (Å²) >= 11 is 0. The molecule has 0 aliphatic carbocycles. The van der Waals surface area contributed by atoms with E-state index in [1.165, 1.54) is 122 Å². The van der Waals surface area contributed by atoms with Crippen LogP contribution in [0.15, 0.2) is 60.8 Å². The summed E-state index contributed by atoms with van der Waals surface area (Å²) in [5.74, 6) is -0.413. The third kappa shape index (κ3) is 40.0. The molecule has 402 valence electrons. The van der Waals surface area contributed by atoms with Gasteiger partial charge >= 0.3 is 16.4 Å². The summed E-state index contributed by atoms with van der Waals surface area (Å²) in [6, 6.07) is 0. The van der Waals surface area contributed by atoms with E-state index in [-0.39, 0.29) is 19.6 Å². The SMILES string of the molecule is CCCCCC/C=C\C/C=C\CCCCCCCC(=O)OC(COCCCCCCCCCCCCC/C=C\C/C=C\C/C=C\CCCCCCC)COC1OC(CO)C(O)C(OS(=O)(=O)O)C1O. The molecule has 0 aromatic heterocycles. The van der Waals surface area contributed by atoms with Crippen LogP contribution in [0.5, 0.6) is 0 Å². The number of hydrogen-bond donors (Lipinski definition) is 4. The van der Waals surface area contributed by atoms with Crippen LogP contribution < -0.4 is 0 Å². The predicted molar refractivity (Wildman–Crippen MR) is 280 cm³/mol. The van der Waals surface area contributed by atoms with Crippen molar-refractivity contribution in [2.24, 2.45) is 0 Å². The molecule has 13 heteroatoms. The van der Waals surface area contributed by atoms with Gasteiger partial charge in [-0.15, -0.1) is 0 Å². The van der Waals surface area contributed by atoms with E-state index in [0.717, 1.165) is 77.0 Å². The van der Waals surface area contributed by atoms with Gasteiger partial charge in [0.05, 0.1) is 19.8 Å². The summed E-state index contributed by atoms with van der Waals surface area (Å²) in [5.41, 5.74) is 0. The minimum absolute atomic E-state index is 0.0267. The molecule has 0 saturated carbocycles. The van der Waals surface area contributed by atoms with Crippen molar-refractivity contribution in [3.8, 4) is 0 Å². The molecule has 12 nitrogen and oxygen atoms in total. The van der Waals surface area contributed by atoms with E-state index in [1.807, 2.05) is 0 Å². The fourth-order valence-electron chi connectivity index (χ4n) is 8.18. The first-order chi connectivity index (χ1) is 33.6. The molecule has 0 aromatic carbocycles. The Morgan fingerprint density at radius 1 is 0.551 bits per heavy atom. The van der Waals surface area contributed by atoms with Gasteiger partial charge in [-0.3, -0.25) is 9.35 Å². The largest absolute Gasteiger partial charge is 0.457 e. The van der Waals surface area contributed by atoms with Crippen molar-refractivity contribution >= 4 is 16.4 Å². The Morgan fingerprint density at radius 3 is 1.41 bits per heavy atom. The predicted octanol–water partition coefficient (Wildman–Crippen LogP) is 13.3. The summed E-state index contributed by atoms with van der Waals surface area (Å²) in [6.45, 7) is 3.95. The number of aliphatic hydroxyl groups excluding tert-OH is 3. The second-order valence-electron chi connectivity index (χ2n) is 18.8. The third-order valence-corrected chi connectivity index (χ3v) is 12.8. The summed E-state index contributed by atoms with van der Waals surface area (Å²) < 4.78 is 59.3. The maximum atomic E-state index is 12.9. The van der Waals surface area contributed by atoms with Crippen LogP contribution in [-0.4, -0.2) is 97.5 Å². The molecule has 1 rings (SSSR count). The molecule has 4 N–H and O–H groups in total. The number of rotatable bonds is 48. The van der Waals surface area contributed by atoms with Gasteiger partial charge in [-0.05, 0) is 83.5 Å². The Labute approximate surface area is 420 Å². The third-order valence-electron chi connectivity index (χ3n) is 12.4. The van der Waals surface area contributed by atoms with Gasteiger partial charge in [0.2, 0.25) is 0 Å². The highest BCUT2D eigenvalue weighted by Crippen LogP contribution is 2.26. The zero-order chi connectivity index (χ0) is 50.3. The van der Waals surface area contributed by atoms with Crippen LogP contribution in [0.25, 0.3) is 0 Å². The van der Waals surface area contributed by atoms with Gasteiger partial charge in [0.1, 0.15) is 30.5 Å². The molecule has 0 aromatic rings. The molecule has 0 bridgehead atoms. The van der Waals surface area contributed by atoms with E-state index in [4.69, 9.17) is 18.9 Å². The van der Waals surface area contributed by atoms with Gasteiger partial charge in [0, 0.05) is 13.0 Å².